The van der Waals surface area contributed by atoms with Crippen LogP contribution < -0.4 is 0 Å². The fourth-order valence-electron chi connectivity index (χ4n) is 3.92. The normalized spacial score (nSPS) is 55.0. The molecule has 32 heavy (non-hydrogen) atoms. The van der Waals surface area contributed by atoms with E-state index >= 15 is 0 Å². The molecule has 3 fully saturated rings. The molecule has 14 nitrogen and oxygen atoms in total. The number of hydrogen-bond acceptors (Lipinski definition) is 14. The molecular formula is C18H32O14. The smallest absolute Gasteiger partial charge is 0.187 e. The molecule has 3 rings (SSSR count). The van der Waals surface area contributed by atoms with Gasteiger partial charge in [0.15, 0.2) is 18.9 Å². The van der Waals surface area contributed by atoms with Crippen molar-refractivity contribution in [2.45, 2.75) is 106 Å². The van der Waals surface area contributed by atoms with Gasteiger partial charge in [-0.1, -0.05) is 0 Å². The molecule has 3 saturated heterocycles. The molecule has 188 valence electrons. The van der Waals surface area contributed by atoms with Crippen LogP contribution in [-0.4, -0.2) is 145 Å². The van der Waals surface area contributed by atoms with Crippen molar-refractivity contribution in [2.24, 2.45) is 0 Å². The van der Waals surface area contributed by atoms with E-state index in [0.29, 0.717) is 0 Å². The van der Waals surface area contributed by atoms with Crippen LogP contribution in [0.15, 0.2) is 0 Å². The van der Waals surface area contributed by atoms with E-state index in [4.69, 9.17) is 23.7 Å². The predicted octanol–water partition coefficient (Wildman–Crippen LogP) is -5.52. The SMILES string of the molecule is C[C@@H]1O[C@@H](O[C@@H]2[C@@H](O[C@H]3O[C@@H](C)[C@@H](O)[C@@H](O)[C@@H]3O)[C@H](O)[C@@H](CO)O[C@@H]2O)[C@@H](O)[C@H](O)[C@@H]1O. The third-order valence-electron chi connectivity index (χ3n) is 6.02. The molecule has 9 N–H and O–H groups in total. The van der Waals surface area contributed by atoms with Gasteiger partial charge in [0, 0.05) is 0 Å². The number of hydrogen-bond donors (Lipinski definition) is 9. The lowest BCUT2D eigenvalue weighted by Crippen LogP contribution is -2.66. The van der Waals surface area contributed by atoms with Crippen LogP contribution >= 0.6 is 0 Å². The van der Waals surface area contributed by atoms with E-state index in [1.54, 1.807) is 0 Å². The molecule has 0 aliphatic carbocycles. The highest BCUT2D eigenvalue weighted by atomic mass is 16.8. The Kier molecular flexibility index (Phi) is 8.44. The maximum Gasteiger partial charge on any atom is 0.187 e. The van der Waals surface area contributed by atoms with E-state index in [9.17, 15) is 46.0 Å². The third kappa shape index (κ3) is 4.94. The minimum Gasteiger partial charge on any atom is -0.394 e. The monoisotopic (exact) mass is 472 g/mol. The second kappa shape index (κ2) is 10.4. The van der Waals surface area contributed by atoms with E-state index in [0.717, 1.165) is 0 Å². The fourth-order valence-corrected chi connectivity index (χ4v) is 3.92. The van der Waals surface area contributed by atoms with Gasteiger partial charge < -0.3 is 69.6 Å². The molecule has 0 saturated carbocycles. The molecule has 14 heteroatoms. The zero-order valence-electron chi connectivity index (χ0n) is 17.4. The maximum absolute atomic E-state index is 10.6. The van der Waals surface area contributed by atoms with Gasteiger partial charge in [0.2, 0.25) is 0 Å². The summed E-state index contributed by atoms with van der Waals surface area (Å²) in [5, 5.41) is 90.6. The quantitative estimate of drug-likeness (QED) is 0.182. The Morgan fingerprint density at radius 3 is 1.44 bits per heavy atom. The highest BCUT2D eigenvalue weighted by Crippen LogP contribution is 2.32. The van der Waals surface area contributed by atoms with Crippen LogP contribution in [0.2, 0.25) is 0 Å². The van der Waals surface area contributed by atoms with Crippen molar-refractivity contribution < 1.29 is 69.6 Å². The standard InChI is InChI=1S/C18H32O14/c1-4-7(20)10(23)12(25)17(28-4)31-14-9(22)6(3-19)30-16(27)15(14)32-18-13(26)11(24)8(21)5(2)29-18/h4-27H,3H2,1-2H3/t4-,5-,6+,7+,8+,9+,10+,11+,12-,13-,14-,15+,16-,17+,18-/m0/s1. The molecular weight excluding hydrogens is 440 g/mol. The summed E-state index contributed by atoms with van der Waals surface area (Å²) < 4.78 is 27.0. The molecule has 3 aliphatic rings. The number of aliphatic hydroxyl groups is 9. The summed E-state index contributed by atoms with van der Waals surface area (Å²) in [5.41, 5.74) is 0. The lowest BCUT2D eigenvalue weighted by atomic mass is 9.96. The van der Waals surface area contributed by atoms with Crippen LogP contribution in [0.25, 0.3) is 0 Å². The number of ether oxygens (including phenoxy) is 5. The minimum absolute atomic E-state index is 0.721. The number of rotatable bonds is 5. The molecule has 3 heterocycles. The van der Waals surface area contributed by atoms with Crippen molar-refractivity contribution in [3.63, 3.8) is 0 Å². The molecule has 0 radical (unpaired) electrons. The average molecular weight is 472 g/mol. The molecule has 0 bridgehead atoms. The Labute approximate surface area is 183 Å². The van der Waals surface area contributed by atoms with Gasteiger partial charge in [0.05, 0.1) is 18.8 Å². The summed E-state index contributed by atoms with van der Waals surface area (Å²) in [6.07, 6.45) is -22.6. The van der Waals surface area contributed by atoms with Crippen molar-refractivity contribution in [2.75, 3.05) is 6.61 Å². The highest BCUT2D eigenvalue weighted by Gasteiger charge is 2.53. The van der Waals surface area contributed by atoms with Crippen LogP contribution in [-0.2, 0) is 23.7 Å². The Hall–Kier alpha value is -0.560. The van der Waals surface area contributed by atoms with Gasteiger partial charge in [-0.3, -0.25) is 0 Å². The van der Waals surface area contributed by atoms with Crippen LogP contribution in [0.3, 0.4) is 0 Å². The summed E-state index contributed by atoms with van der Waals surface area (Å²) in [7, 11) is 0. The lowest BCUT2D eigenvalue weighted by molar-refractivity contribution is -0.385. The minimum atomic E-state index is -1.83. The van der Waals surface area contributed by atoms with E-state index in [-0.39, 0.29) is 0 Å². The summed E-state index contributed by atoms with van der Waals surface area (Å²) in [6, 6.07) is 0. The molecule has 0 amide bonds. The topological polar surface area (TPSA) is 228 Å². The van der Waals surface area contributed by atoms with Gasteiger partial charge in [-0.25, -0.2) is 0 Å². The van der Waals surface area contributed by atoms with E-state index in [2.05, 4.69) is 0 Å². The summed E-state index contributed by atoms with van der Waals surface area (Å²) >= 11 is 0. The summed E-state index contributed by atoms with van der Waals surface area (Å²) in [6.45, 7) is 2.10. The first-order chi connectivity index (χ1) is 15.0. The first-order valence-corrected chi connectivity index (χ1v) is 10.3. The Morgan fingerprint density at radius 1 is 0.562 bits per heavy atom. The van der Waals surface area contributed by atoms with Crippen molar-refractivity contribution in [1.82, 2.24) is 0 Å². The van der Waals surface area contributed by atoms with E-state index in [1.807, 2.05) is 0 Å². The second-order valence-corrected chi connectivity index (χ2v) is 8.30. The van der Waals surface area contributed by atoms with Gasteiger partial charge in [0.25, 0.3) is 0 Å². The van der Waals surface area contributed by atoms with Gasteiger partial charge in [-0.15, -0.1) is 0 Å². The Bertz CT molecular complexity index is 610. The van der Waals surface area contributed by atoms with Crippen molar-refractivity contribution >= 4 is 0 Å². The van der Waals surface area contributed by atoms with Crippen molar-refractivity contribution in [1.29, 1.82) is 0 Å². The maximum atomic E-state index is 10.6. The Morgan fingerprint density at radius 2 is 1.00 bits per heavy atom. The average Bonchev–Trinajstić information content (AvgIpc) is 2.76. The van der Waals surface area contributed by atoms with Crippen molar-refractivity contribution in [3.8, 4) is 0 Å². The summed E-state index contributed by atoms with van der Waals surface area (Å²) in [4.78, 5) is 0. The van der Waals surface area contributed by atoms with E-state index in [1.165, 1.54) is 13.8 Å². The van der Waals surface area contributed by atoms with Crippen LogP contribution in [0.5, 0.6) is 0 Å². The summed E-state index contributed by atoms with van der Waals surface area (Å²) in [5.74, 6) is 0. The zero-order valence-corrected chi connectivity index (χ0v) is 17.4. The van der Waals surface area contributed by atoms with Crippen molar-refractivity contribution in [3.05, 3.63) is 0 Å². The number of aliphatic hydroxyl groups excluding tert-OH is 9. The largest absolute Gasteiger partial charge is 0.394 e. The molecule has 0 unspecified atom stereocenters. The Balaban J connectivity index is 1.81. The highest BCUT2D eigenvalue weighted by molar-refractivity contribution is 4.95. The predicted molar refractivity (Wildman–Crippen MR) is 98.4 cm³/mol. The van der Waals surface area contributed by atoms with Gasteiger partial charge in [-0.05, 0) is 13.8 Å². The molecule has 15 atom stereocenters. The zero-order chi connectivity index (χ0) is 23.9. The van der Waals surface area contributed by atoms with Crippen LogP contribution in [0, 0.1) is 0 Å². The van der Waals surface area contributed by atoms with Gasteiger partial charge in [0.1, 0.15) is 61.0 Å². The molecule has 0 aromatic carbocycles. The van der Waals surface area contributed by atoms with E-state index < -0.39 is 98.7 Å². The molecule has 0 aromatic rings. The molecule has 3 aliphatic heterocycles. The van der Waals surface area contributed by atoms with Gasteiger partial charge >= 0.3 is 0 Å². The lowest BCUT2D eigenvalue weighted by Gasteiger charge is -2.48. The third-order valence-corrected chi connectivity index (χ3v) is 6.02. The first-order valence-electron chi connectivity index (χ1n) is 10.3. The van der Waals surface area contributed by atoms with Gasteiger partial charge in [-0.2, -0.15) is 0 Å². The first kappa shape index (κ1) is 26.1. The molecule has 0 spiro atoms. The fraction of sp³-hybridized carbons (Fsp3) is 1.00. The molecule has 0 aromatic heterocycles. The van der Waals surface area contributed by atoms with Crippen LogP contribution in [0.1, 0.15) is 13.8 Å². The second-order valence-electron chi connectivity index (χ2n) is 8.30. The van der Waals surface area contributed by atoms with Crippen LogP contribution in [0.4, 0.5) is 0 Å².